The third-order valence-electron chi connectivity index (χ3n) is 10.1. The van der Waals surface area contributed by atoms with Crippen molar-refractivity contribution < 1.29 is 14.6 Å². The van der Waals surface area contributed by atoms with Crippen molar-refractivity contribution in [2.45, 2.75) is 38.5 Å². The minimum atomic E-state index is -0.984. The Morgan fingerprint density at radius 3 is 1.53 bits per heavy atom. The molecule has 4 nitrogen and oxygen atoms in total. The minimum Gasteiger partial charge on any atom is -0.478 e. The molecule has 0 spiro atoms. The molecule has 47 heavy (non-hydrogen) atoms. The summed E-state index contributed by atoms with van der Waals surface area (Å²) < 4.78 is 6.08. The molecule has 0 aliphatic heterocycles. The van der Waals surface area contributed by atoms with Gasteiger partial charge in [0.05, 0.1) is 5.56 Å². The highest BCUT2D eigenvalue weighted by Crippen LogP contribution is 2.53. The van der Waals surface area contributed by atoms with Gasteiger partial charge in [-0.25, -0.2) is 4.79 Å². The van der Waals surface area contributed by atoms with E-state index in [1.165, 1.54) is 50.6 Å². The molecule has 4 heteroatoms. The van der Waals surface area contributed by atoms with Crippen LogP contribution in [0.4, 0.5) is 17.1 Å². The number of hydrogen-bond donors (Lipinski definition) is 1. The molecule has 0 radical (unpaired) electrons. The number of nitrogens with zero attached hydrogens (tertiary/aromatic N) is 1. The smallest absolute Gasteiger partial charge is 0.335 e. The predicted octanol–water partition coefficient (Wildman–Crippen LogP) is 11.3. The molecule has 0 heterocycles. The van der Waals surface area contributed by atoms with Gasteiger partial charge in [0.15, 0.2) is 0 Å². The zero-order valence-electron chi connectivity index (χ0n) is 26.9. The molecule has 0 bridgehead atoms. The fraction of sp³-hybridized carbons (Fsp3) is 0.140. The Kier molecular flexibility index (Phi) is 6.42. The molecular weight excluding hydrogens is 578 g/mol. The highest BCUT2D eigenvalue weighted by atomic mass is 16.5. The summed E-state index contributed by atoms with van der Waals surface area (Å²) in [5.74, 6) is 0.130. The monoisotopic (exact) mass is 613 g/mol. The Morgan fingerprint density at radius 2 is 1.00 bits per heavy atom. The molecule has 8 rings (SSSR count). The van der Waals surface area contributed by atoms with E-state index in [1.54, 1.807) is 18.2 Å². The van der Waals surface area contributed by atoms with Crippen molar-refractivity contribution in [3.05, 3.63) is 161 Å². The summed E-state index contributed by atoms with van der Waals surface area (Å²) in [6, 6.07) is 45.7. The van der Waals surface area contributed by atoms with Crippen LogP contribution in [0.25, 0.3) is 22.3 Å². The van der Waals surface area contributed by atoms with Gasteiger partial charge >= 0.3 is 5.97 Å². The number of aromatic carboxylic acids is 1. The molecular formula is C43H35NO3. The molecule has 1 N–H and O–H groups in total. The summed E-state index contributed by atoms with van der Waals surface area (Å²) in [6.07, 6.45) is 0. The van der Waals surface area contributed by atoms with Crippen molar-refractivity contribution in [1.82, 2.24) is 0 Å². The lowest BCUT2D eigenvalue weighted by atomic mass is 9.82. The Bertz CT molecular complexity index is 2100. The molecule has 0 aromatic heterocycles. The molecule has 0 saturated heterocycles. The number of ether oxygens (including phenoxy) is 1. The van der Waals surface area contributed by atoms with Crippen molar-refractivity contribution >= 4 is 23.0 Å². The highest BCUT2D eigenvalue weighted by Gasteiger charge is 2.37. The van der Waals surface area contributed by atoms with Crippen LogP contribution in [0, 0.1) is 0 Å². The first-order chi connectivity index (χ1) is 22.6. The number of carbonyl (C=O) groups is 1. The van der Waals surface area contributed by atoms with Gasteiger partial charge in [0.1, 0.15) is 11.5 Å². The summed E-state index contributed by atoms with van der Waals surface area (Å²) >= 11 is 0. The molecule has 6 aromatic rings. The summed E-state index contributed by atoms with van der Waals surface area (Å²) in [5.41, 5.74) is 13.6. The van der Waals surface area contributed by atoms with E-state index in [0.29, 0.717) is 11.5 Å². The molecule has 230 valence electrons. The molecule has 2 aliphatic rings. The average Bonchev–Trinajstić information content (AvgIpc) is 3.45. The van der Waals surface area contributed by atoms with Crippen LogP contribution in [-0.4, -0.2) is 11.1 Å². The second kappa shape index (κ2) is 10.5. The van der Waals surface area contributed by atoms with Crippen molar-refractivity contribution in [3.63, 3.8) is 0 Å². The van der Waals surface area contributed by atoms with Gasteiger partial charge in [-0.1, -0.05) is 94.4 Å². The van der Waals surface area contributed by atoms with Crippen LogP contribution >= 0.6 is 0 Å². The van der Waals surface area contributed by atoms with Crippen molar-refractivity contribution in [1.29, 1.82) is 0 Å². The number of rotatable bonds is 6. The van der Waals surface area contributed by atoms with Crippen LogP contribution in [0.3, 0.4) is 0 Å². The number of carboxylic acids is 1. The Morgan fingerprint density at radius 1 is 0.511 bits per heavy atom. The number of anilines is 3. The van der Waals surface area contributed by atoms with Crippen molar-refractivity contribution in [2.75, 3.05) is 4.90 Å². The van der Waals surface area contributed by atoms with Crippen molar-refractivity contribution in [3.8, 4) is 33.8 Å². The van der Waals surface area contributed by atoms with Crippen LogP contribution in [0.15, 0.2) is 133 Å². The standard InChI is InChI=1S/C43H35NO3/c1-42(2)37-14-7-5-12-33(37)35-22-18-29(25-39(35)42)44(28-16-20-31(21-17-28)47-32-11-9-10-27(24-32)41(45)46)30-19-23-36-34-13-6-8-15-38(34)43(3,4)40(36)26-30/h5-26H,1-4H3,(H,45,46). The van der Waals surface area contributed by atoms with Crippen LogP contribution < -0.4 is 9.64 Å². The first kappa shape index (κ1) is 28.8. The maximum absolute atomic E-state index is 11.5. The Labute approximate surface area is 275 Å². The molecule has 2 aliphatic carbocycles. The summed E-state index contributed by atoms with van der Waals surface area (Å²) in [5, 5.41) is 9.41. The number of carboxylic acid groups (broad SMARTS) is 1. The van der Waals surface area contributed by atoms with E-state index >= 15 is 0 Å². The maximum atomic E-state index is 11.5. The zero-order valence-corrected chi connectivity index (χ0v) is 26.9. The molecule has 0 unspecified atom stereocenters. The first-order valence-electron chi connectivity index (χ1n) is 16.0. The van der Waals surface area contributed by atoms with Crippen LogP contribution in [-0.2, 0) is 10.8 Å². The Balaban J connectivity index is 1.24. The van der Waals surface area contributed by atoms with Gasteiger partial charge in [0.25, 0.3) is 0 Å². The summed E-state index contributed by atoms with van der Waals surface area (Å²) in [7, 11) is 0. The van der Waals surface area contributed by atoms with Gasteiger partial charge < -0.3 is 14.7 Å². The van der Waals surface area contributed by atoms with E-state index in [0.717, 1.165) is 17.1 Å². The molecule has 0 amide bonds. The van der Waals surface area contributed by atoms with E-state index < -0.39 is 5.97 Å². The van der Waals surface area contributed by atoms with Gasteiger partial charge in [0, 0.05) is 27.9 Å². The predicted molar refractivity (Wildman–Crippen MR) is 190 cm³/mol. The number of fused-ring (bicyclic) bond motifs is 6. The number of hydrogen-bond acceptors (Lipinski definition) is 3. The van der Waals surface area contributed by atoms with E-state index in [2.05, 4.69) is 130 Å². The summed E-state index contributed by atoms with van der Waals surface area (Å²) in [6.45, 7) is 9.25. The topological polar surface area (TPSA) is 49.8 Å². The molecule has 0 atom stereocenters. The third-order valence-corrected chi connectivity index (χ3v) is 10.1. The van der Waals surface area contributed by atoms with Gasteiger partial charge in [0.2, 0.25) is 0 Å². The van der Waals surface area contributed by atoms with E-state index in [4.69, 9.17) is 4.74 Å². The molecule has 0 saturated carbocycles. The van der Waals surface area contributed by atoms with E-state index in [-0.39, 0.29) is 16.4 Å². The van der Waals surface area contributed by atoms with Gasteiger partial charge in [-0.3, -0.25) is 0 Å². The van der Waals surface area contributed by atoms with E-state index in [9.17, 15) is 9.90 Å². The van der Waals surface area contributed by atoms with Gasteiger partial charge in [-0.15, -0.1) is 0 Å². The lowest BCUT2D eigenvalue weighted by Crippen LogP contribution is -2.18. The van der Waals surface area contributed by atoms with E-state index in [1.807, 2.05) is 12.1 Å². The SMILES string of the molecule is CC1(C)c2ccccc2-c2ccc(N(c3ccc(Oc4cccc(C(=O)O)c4)cc3)c3ccc4c(c3)C(C)(C)c3ccccc3-4)cc21. The first-order valence-corrected chi connectivity index (χ1v) is 16.0. The summed E-state index contributed by atoms with van der Waals surface area (Å²) in [4.78, 5) is 13.8. The maximum Gasteiger partial charge on any atom is 0.335 e. The largest absolute Gasteiger partial charge is 0.478 e. The molecule has 0 fully saturated rings. The fourth-order valence-electron chi connectivity index (χ4n) is 7.60. The van der Waals surface area contributed by atoms with Crippen LogP contribution in [0.5, 0.6) is 11.5 Å². The quantitative estimate of drug-likeness (QED) is 0.203. The zero-order chi connectivity index (χ0) is 32.5. The van der Waals surface area contributed by atoms with Crippen LogP contribution in [0.1, 0.15) is 60.3 Å². The lowest BCUT2D eigenvalue weighted by molar-refractivity contribution is 0.0696. The minimum absolute atomic E-state index is 0.128. The second-order valence-corrected chi connectivity index (χ2v) is 13.6. The van der Waals surface area contributed by atoms with Gasteiger partial charge in [-0.2, -0.15) is 0 Å². The van der Waals surface area contributed by atoms with Gasteiger partial charge in [-0.05, 0) is 111 Å². The Hall–Kier alpha value is -5.61. The fourth-order valence-corrected chi connectivity index (χ4v) is 7.60. The third kappa shape index (κ3) is 4.55. The second-order valence-electron chi connectivity index (χ2n) is 13.6. The normalized spacial score (nSPS) is 14.5. The average molecular weight is 614 g/mol. The van der Waals surface area contributed by atoms with Crippen molar-refractivity contribution in [2.24, 2.45) is 0 Å². The number of benzene rings is 6. The van der Waals surface area contributed by atoms with Crippen LogP contribution in [0.2, 0.25) is 0 Å². The lowest BCUT2D eigenvalue weighted by Gasteiger charge is -2.29. The molecule has 6 aromatic carbocycles. The highest BCUT2D eigenvalue weighted by molar-refractivity contribution is 5.89.